The number of hydrogen-bond donors (Lipinski definition) is 1. The van der Waals surface area contributed by atoms with Crippen molar-refractivity contribution in [3.05, 3.63) is 0 Å². The summed E-state index contributed by atoms with van der Waals surface area (Å²) in [6.45, 7) is 2.00. The predicted octanol–water partition coefficient (Wildman–Crippen LogP) is 0.998. The first-order valence-corrected chi connectivity index (χ1v) is 7.48. The molecule has 0 aliphatic carbocycles. The molecule has 0 atom stereocenters. The minimum atomic E-state index is -2.75. The lowest BCUT2D eigenvalue weighted by Gasteiger charge is -1.93. The number of rotatable bonds is 4. The van der Waals surface area contributed by atoms with Crippen molar-refractivity contribution in [2.45, 2.75) is 6.92 Å². The molecule has 0 aliphatic rings. The smallest absolute Gasteiger partial charge is 0.157 e. The predicted molar refractivity (Wildman–Crippen MR) is 53.6 cm³/mol. The quantitative estimate of drug-likeness (QED) is 0.563. The van der Waals surface area contributed by atoms with Gasteiger partial charge in [0, 0.05) is 19.1 Å². The van der Waals surface area contributed by atoms with E-state index >= 15 is 0 Å². The summed E-state index contributed by atoms with van der Waals surface area (Å²) in [7, 11) is 1.21. The molecule has 0 rings (SSSR count). The Hall–Kier alpha value is 0.610. The number of aliphatic hydroxyl groups is 1. The van der Waals surface area contributed by atoms with Gasteiger partial charge in [-0.3, -0.25) is 0 Å². The highest BCUT2D eigenvalue weighted by atomic mass is 33.1. The Bertz CT molecular complexity index is 152. The van der Waals surface area contributed by atoms with E-state index in [0.29, 0.717) is 0 Å². The van der Waals surface area contributed by atoms with Gasteiger partial charge in [0.05, 0.1) is 0 Å². The summed E-state index contributed by atoms with van der Waals surface area (Å²) in [4.78, 5) is 0. The molecular weight excluding hydrogens is 204 g/mol. The molecule has 0 amide bonds. The van der Waals surface area contributed by atoms with Crippen molar-refractivity contribution in [2.75, 3.05) is 24.2 Å². The summed E-state index contributed by atoms with van der Waals surface area (Å²) in [5.41, 5.74) is 0. The summed E-state index contributed by atoms with van der Waals surface area (Å²) in [5, 5.41) is 7.23. The Kier molecular flexibility index (Phi) is 11.2. The molecule has 0 heterocycles. The van der Waals surface area contributed by atoms with Crippen LogP contribution in [0.4, 0.5) is 0 Å². The summed E-state index contributed by atoms with van der Waals surface area (Å²) in [6, 6.07) is 0. The van der Waals surface area contributed by atoms with Crippen LogP contribution in [0.3, 0.4) is 0 Å². The Morgan fingerprint density at radius 1 is 1.27 bits per heavy atom. The highest BCUT2D eigenvalue weighted by Crippen LogP contribution is 2.21. The summed E-state index contributed by atoms with van der Waals surface area (Å²) < 4.78 is 20.9. The van der Waals surface area contributed by atoms with Crippen molar-refractivity contribution in [1.29, 1.82) is 0 Å². The Labute approximate surface area is 76.3 Å². The highest BCUT2D eigenvalue weighted by molar-refractivity contribution is 8.77. The highest BCUT2D eigenvalue weighted by Gasteiger charge is 1.99. The van der Waals surface area contributed by atoms with Crippen LogP contribution in [-0.4, -0.2) is 37.7 Å². The largest absolute Gasteiger partial charge is 0.400 e. The molecule has 0 radical (unpaired) electrons. The molecule has 0 aromatic rings. The van der Waals surface area contributed by atoms with E-state index in [9.17, 15) is 8.42 Å². The molecule has 0 aromatic carbocycles. The van der Waals surface area contributed by atoms with Crippen molar-refractivity contribution in [3.63, 3.8) is 0 Å². The van der Waals surface area contributed by atoms with Crippen LogP contribution >= 0.6 is 21.6 Å². The van der Waals surface area contributed by atoms with Gasteiger partial charge in [-0.15, -0.1) is 0 Å². The maximum Gasteiger partial charge on any atom is 0.157 e. The summed E-state index contributed by atoms with van der Waals surface area (Å²) in [5.74, 6) is 0.959. The first kappa shape index (κ1) is 14.2. The summed E-state index contributed by atoms with van der Waals surface area (Å²) >= 11 is 0. The van der Waals surface area contributed by atoms with Crippen LogP contribution < -0.4 is 0 Å². The molecule has 11 heavy (non-hydrogen) atoms. The SMILES string of the molecule is CCSSCS(C)(=O)=O.CO. The van der Waals surface area contributed by atoms with Gasteiger partial charge in [0.1, 0.15) is 5.08 Å². The molecule has 3 nitrogen and oxygen atoms in total. The van der Waals surface area contributed by atoms with Crippen LogP contribution in [0.25, 0.3) is 0 Å². The molecule has 0 aromatic heterocycles. The summed E-state index contributed by atoms with van der Waals surface area (Å²) in [6.07, 6.45) is 1.25. The van der Waals surface area contributed by atoms with Crippen LogP contribution in [0.2, 0.25) is 0 Å². The topological polar surface area (TPSA) is 54.4 Å². The standard InChI is InChI=1S/C4H10O2S3.CH4O/c1-3-7-8-4-9(2,5)6;1-2/h3-4H2,1-2H3;2H,1H3. The Balaban J connectivity index is 0. The van der Waals surface area contributed by atoms with Gasteiger partial charge in [0.25, 0.3) is 0 Å². The normalized spacial score (nSPS) is 10.2. The molecule has 0 aliphatic heterocycles. The molecule has 0 bridgehead atoms. The Morgan fingerprint density at radius 2 is 1.73 bits per heavy atom. The van der Waals surface area contributed by atoms with Crippen LogP contribution in [0.15, 0.2) is 0 Å². The number of sulfone groups is 1. The monoisotopic (exact) mass is 218 g/mol. The number of aliphatic hydroxyl groups excluding tert-OH is 1. The fourth-order valence-corrected chi connectivity index (χ4v) is 4.03. The third-order valence-corrected chi connectivity index (χ3v) is 5.04. The lowest BCUT2D eigenvalue weighted by molar-refractivity contribution is 0.399. The minimum Gasteiger partial charge on any atom is -0.400 e. The van der Waals surface area contributed by atoms with Crippen LogP contribution in [0.1, 0.15) is 6.92 Å². The van der Waals surface area contributed by atoms with Crippen molar-refractivity contribution >= 4 is 31.4 Å². The van der Waals surface area contributed by atoms with Crippen LogP contribution in [0.5, 0.6) is 0 Å². The lowest BCUT2D eigenvalue weighted by atomic mass is 11.0. The molecule has 0 fully saturated rings. The van der Waals surface area contributed by atoms with Gasteiger partial charge in [0.2, 0.25) is 0 Å². The molecule has 0 spiro atoms. The fraction of sp³-hybridized carbons (Fsp3) is 1.00. The molecule has 0 saturated heterocycles. The van der Waals surface area contributed by atoms with Gasteiger partial charge in [0.15, 0.2) is 9.84 Å². The van der Waals surface area contributed by atoms with E-state index in [1.165, 1.54) is 17.0 Å². The maximum absolute atomic E-state index is 10.5. The zero-order valence-corrected chi connectivity index (χ0v) is 9.35. The average Bonchev–Trinajstić information content (AvgIpc) is 1.90. The third kappa shape index (κ3) is 18.0. The van der Waals surface area contributed by atoms with Gasteiger partial charge in [-0.25, -0.2) is 8.42 Å². The molecule has 70 valence electrons. The molecular formula is C5H14O3S3. The van der Waals surface area contributed by atoms with Gasteiger partial charge in [-0.1, -0.05) is 28.5 Å². The molecule has 1 N–H and O–H groups in total. The van der Waals surface area contributed by atoms with Crippen molar-refractivity contribution < 1.29 is 13.5 Å². The van der Waals surface area contributed by atoms with Gasteiger partial charge in [-0.2, -0.15) is 0 Å². The first-order valence-electron chi connectivity index (χ1n) is 2.93. The minimum absolute atomic E-state index is 0.228. The van der Waals surface area contributed by atoms with Crippen LogP contribution in [0, 0.1) is 0 Å². The van der Waals surface area contributed by atoms with Crippen molar-refractivity contribution in [3.8, 4) is 0 Å². The molecule has 0 unspecified atom stereocenters. The van der Waals surface area contributed by atoms with E-state index < -0.39 is 9.84 Å². The van der Waals surface area contributed by atoms with Gasteiger partial charge < -0.3 is 5.11 Å². The second-order valence-corrected chi connectivity index (χ2v) is 6.83. The second kappa shape index (κ2) is 8.70. The lowest BCUT2D eigenvalue weighted by Crippen LogP contribution is -1.96. The van der Waals surface area contributed by atoms with E-state index in [1.54, 1.807) is 10.8 Å². The maximum atomic E-state index is 10.5. The van der Waals surface area contributed by atoms with Gasteiger partial charge in [-0.05, 0) is 0 Å². The van der Waals surface area contributed by atoms with E-state index in [-0.39, 0.29) is 5.08 Å². The van der Waals surface area contributed by atoms with E-state index in [4.69, 9.17) is 5.11 Å². The fourth-order valence-electron chi connectivity index (χ4n) is 0.205. The zero-order valence-electron chi connectivity index (χ0n) is 6.90. The molecule has 0 saturated carbocycles. The second-order valence-electron chi connectivity index (χ2n) is 1.57. The first-order chi connectivity index (χ1) is 5.06. The average molecular weight is 218 g/mol. The van der Waals surface area contributed by atoms with E-state index in [0.717, 1.165) is 12.9 Å². The van der Waals surface area contributed by atoms with E-state index in [2.05, 4.69) is 0 Å². The number of hydrogen-bond acceptors (Lipinski definition) is 5. The Morgan fingerprint density at radius 3 is 2.00 bits per heavy atom. The van der Waals surface area contributed by atoms with Crippen molar-refractivity contribution in [1.82, 2.24) is 0 Å². The van der Waals surface area contributed by atoms with Gasteiger partial charge >= 0.3 is 0 Å². The van der Waals surface area contributed by atoms with E-state index in [1.807, 2.05) is 6.92 Å². The zero-order chi connectivity index (χ0) is 9.33. The third-order valence-electron chi connectivity index (χ3n) is 0.463. The van der Waals surface area contributed by atoms with Crippen LogP contribution in [-0.2, 0) is 9.84 Å². The molecule has 6 heteroatoms. The van der Waals surface area contributed by atoms with Crippen molar-refractivity contribution in [2.24, 2.45) is 0 Å².